The van der Waals surface area contributed by atoms with E-state index in [1.807, 2.05) is 24.3 Å². The summed E-state index contributed by atoms with van der Waals surface area (Å²) in [6, 6.07) is 7.79. The van der Waals surface area contributed by atoms with E-state index in [0.29, 0.717) is 10.7 Å². The molecule has 0 spiro atoms. The zero-order chi connectivity index (χ0) is 17.8. The van der Waals surface area contributed by atoms with Gasteiger partial charge in [0.25, 0.3) is 5.91 Å². The average Bonchev–Trinajstić information content (AvgIpc) is 3.01. The number of carbonyl (C=O) groups excluding carboxylic acids is 1. The first-order chi connectivity index (χ1) is 12.1. The van der Waals surface area contributed by atoms with Crippen molar-refractivity contribution in [2.24, 2.45) is 0 Å². The highest BCUT2D eigenvalue weighted by molar-refractivity contribution is 6.30. The fourth-order valence-corrected chi connectivity index (χ4v) is 3.42. The first kappa shape index (κ1) is 17.9. The molecule has 2 heterocycles. The molecule has 25 heavy (non-hydrogen) atoms. The van der Waals surface area contributed by atoms with Crippen LogP contribution in [0.15, 0.2) is 24.3 Å². The van der Waals surface area contributed by atoms with Crippen molar-refractivity contribution in [3.8, 4) is 5.69 Å². The van der Waals surface area contributed by atoms with E-state index in [4.69, 9.17) is 11.6 Å². The number of hydrogen-bond donors (Lipinski definition) is 2. The van der Waals surface area contributed by atoms with Crippen LogP contribution in [0.3, 0.4) is 0 Å². The highest BCUT2D eigenvalue weighted by Crippen LogP contribution is 2.19. The molecule has 0 radical (unpaired) electrons. The Morgan fingerprint density at radius 1 is 1.48 bits per heavy atom. The van der Waals surface area contributed by atoms with Gasteiger partial charge in [-0.1, -0.05) is 36.2 Å². The second-order valence-electron chi connectivity index (χ2n) is 6.49. The van der Waals surface area contributed by atoms with E-state index in [9.17, 15) is 4.79 Å². The third-order valence-electron chi connectivity index (χ3n) is 4.60. The van der Waals surface area contributed by atoms with Crippen LogP contribution in [0.2, 0.25) is 5.02 Å². The number of nitrogens with zero attached hydrogens (tertiary/aromatic N) is 3. The Hall–Kier alpha value is -1.92. The molecule has 2 unspecified atom stereocenters. The van der Waals surface area contributed by atoms with Gasteiger partial charge in [-0.15, -0.1) is 5.10 Å². The summed E-state index contributed by atoms with van der Waals surface area (Å²) < 4.78 is 1.72. The third-order valence-corrected chi connectivity index (χ3v) is 4.83. The summed E-state index contributed by atoms with van der Waals surface area (Å²) in [5.41, 5.74) is 2.04. The van der Waals surface area contributed by atoms with E-state index in [0.717, 1.165) is 43.6 Å². The van der Waals surface area contributed by atoms with Crippen molar-refractivity contribution in [1.29, 1.82) is 0 Å². The minimum absolute atomic E-state index is 0.118. The summed E-state index contributed by atoms with van der Waals surface area (Å²) in [6.07, 6.45) is 3.66. The standard InChI is InChI=1S/C18H24ClN5O/c1-3-6-16-17(18(25)21-15-9-5-10-20-12(15)2)22-23-24(16)14-8-4-7-13(19)11-14/h4,7-8,11-12,15,20H,3,5-6,9-10H2,1-2H3,(H,21,25). The number of amides is 1. The lowest BCUT2D eigenvalue weighted by molar-refractivity contribution is 0.0913. The molecule has 6 nitrogen and oxygen atoms in total. The quantitative estimate of drug-likeness (QED) is 0.859. The number of hydrogen-bond acceptors (Lipinski definition) is 4. The van der Waals surface area contributed by atoms with Crippen LogP contribution in [0.25, 0.3) is 5.69 Å². The van der Waals surface area contributed by atoms with Gasteiger partial charge >= 0.3 is 0 Å². The van der Waals surface area contributed by atoms with Crippen LogP contribution in [-0.2, 0) is 6.42 Å². The lowest BCUT2D eigenvalue weighted by atomic mass is 9.99. The zero-order valence-corrected chi connectivity index (χ0v) is 15.4. The first-order valence-electron chi connectivity index (χ1n) is 8.85. The van der Waals surface area contributed by atoms with E-state index in [-0.39, 0.29) is 18.0 Å². The molecule has 1 aliphatic heterocycles. The average molecular weight is 362 g/mol. The largest absolute Gasteiger partial charge is 0.346 e. The van der Waals surface area contributed by atoms with Gasteiger partial charge in [0.15, 0.2) is 5.69 Å². The van der Waals surface area contributed by atoms with Crippen molar-refractivity contribution in [2.75, 3.05) is 6.54 Å². The van der Waals surface area contributed by atoms with Gasteiger partial charge in [-0.05, 0) is 50.9 Å². The second-order valence-corrected chi connectivity index (χ2v) is 6.93. The topological polar surface area (TPSA) is 71.8 Å². The van der Waals surface area contributed by atoms with E-state index in [1.165, 1.54) is 0 Å². The summed E-state index contributed by atoms with van der Waals surface area (Å²) in [7, 11) is 0. The predicted octanol–water partition coefficient (Wildman–Crippen LogP) is 2.74. The van der Waals surface area contributed by atoms with E-state index in [1.54, 1.807) is 4.68 Å². The van der Waals surface area contributed by atoms with E-state index < -0.39 is 0 Å². The number of piperidine rings is 1. The van der Waals surface area contributed by atoms with E-state index in [2.05, 4.69) is 34.8 Å². The van der Waals surface area contributed by atoms with Gasteiger partial charge in [-0.25, -0.2) is 4.68 Å². The SMILES string of the molecule is CCCc1c(C(=O)NC2CCCNC2C)nnn1-c1cccc(Cl)c1. The lowest BCUT2D eigenvalue weighted by Gasteiger charge is -2.30. The monoisotopic (exact) mass is 361 g/mol. The van der Waals surface area contributed by atoms with Crippen LogP contribution in [0.5, 0.6) is 0 Å². The van der Waals surface area contributed by atoms with E-state index >= 15 is 0 Å². The second kappa shape index (κ2) is 7.97. The molecule has 1 aromatic carbocycles. The number of benzene rings is 1. The normalized spacial score (nSPS) is 20.4. The maximum absolute atomic E-state index is 12.8. The molecule has 0 aliphatic carbocycles. The highest BCUT2D eigenvalue weighted by atomic mass is 35.5. The smallest absolute Gasteiger partial charge is 0.274 e. The van der Waals surface area contributed by atoms with Crippen LogP contribution in [-0.4, -0.2) is 39.5 Å². The van der Waals surface area contributed by atoms with Gasteiger partial charge in [-0.3, -0.25) is 4.79 Å². The van der Waals surface area contributed by atoms with Crippen LogP contribution in [0, 0.1) is 0 Å². The van der Waals surface area contributed by atoms with Gasteiger partial charge in [0, 0.05) is 17.1 Å². The number of nitrogens with one attached hydrogen (secondary N) is 2. The molecule has 3 rings (SSSR count). The Morgan fingerprint density at radius 2 is 2.32 bits per heavy atom. The van der Waals surface area contributed by atoms with Gasteiger partial charge < -0.3 is 10.6 Å². The van der Waals surface area contributed by atoms with Crippen molar-refractivity contribution in [2.45, 2.75) is 51.6 Å². The fourth-order valence-electron chi connectivity index (χ4n) is 3.23. The molecular weight excluding hydrogens is 338 g/mol. The Bertz CT molecular complexity index is 745. The first-order valence-corrected chi connectivity index (χ1v) is 9.22. The van der Waals surface area contributed by atoms with Crippen molar-refractivity contribution in [3.05, 3.63) is 40.7 Å². The summed E-state index contributed by atoms with van der Waals surface area (Å²) >= 11 is 6.09. The number of carbonyl (C=O) groups is 1. The molecule has 1 aromatic heterocycles. The molecule has 0 saturated carbocycles. The van der Waals surface area contributed by atoms with Crippen LogP contribution in [0.1, 0.15) is 49.3 Å². The molecule has 0 bridgehead atoms. The van der Waals surface area contributed by atoms with Gasteiger partial charge in [0.2, 0.25) is 0 Å². The Balaban J connectivity index is 1.87. The summed E-state index contributed by atoms with van der Waals surface area (Å²) in [5.74, 6) is -0.155. The van der Waals surface area contributed by atoms with Crippen LogP contribution in [0.4, 0.5) is 0 Å². The molecule has 1 fully saturated rings. The van der Waals surface area contributed by atoms with Crippen LogP contribution < -0.4 is 10.6 Å². The molecule has 7 heteroatoms. The number of rotatable bonds is 5. The Morgan fingerprint density at radius 3 is 3.04 bits per heavy atom. The Kier molecular flexibility index (Phi) is 5.71. The molecule has 1 aliphatic rings. The van der Waals surface area contributed by atoms with Crippen molar-refractivity contribution >= 4 is 17.5 Å². The summed E-state index contributed by atoms with van der Waals surface area (Å²) in [6.45, 7) is 5.17. The molecule has 2 atom stereocenters. The zero-order valence-electron chi connectivity index (χ0n) is 14.6. The van der Waals surface area contributed by atoms with Crippen molar-refractivity contribution in [1.82, 2.24) is 25.6 Å². The van der Waals surface area contributed by atoms with Gasteiger partial charge in [0.05, 0.1) is 11.4 Å². The predicted molar refractivity (Wildman–Crippen MR) is 98.3 cm³/mol. The minimum atomic E-state index is -0.155. The Labute approximate surface area is 152 Å². The summed E-state index contributed by atoms with van der Waals surface area (Å²) in [4.78, 5) is 12.8. The molecule has 1 saturated heterocycles. The molecule has 2 aromatic rings. The maximum Gasteiger partial charge on any atom is 0.274 e. The van der Waals surface area contributed by atoms with Crippen molar-refractivity contribution < 1.29 is 4.79 Å². The highest BCUT2D eigenvalue weighted by Gasteiger charge is 2.26. The fraction of sp³-hybridized carbons (Fsp3) is 0.500. The lowest BCUT2D eigenvalue weighted by Crippen LogP contribution is -2.52. The summed E-state index contributed by atoms with van der Waals surface area (Å²) in [5, 5.41) is 15.5. The van der Waals surface area contributed by atoms with Crippen LogP contribution >= 0.6 is 11.6 Å². The third kappa shape index (κ3) is 4.02. The molecule has 2 N–H and O–H groups in total. The molecule has 134 valence electrons. The maximum atomic E-state index is 12.8. The molecule has 1 amide bonds. The molecular formula is C18H24ClN5O. The number of aromatic nitrogens is 3. The van der Waals surface area contributed by atoms with Crippen molar-refractivity contribution in [3.63, 3.8) is 0 Å². The number of halogens is 1. The van der Waals surface area contributed by atoms with Gasteiger partial charge in [-0.2, -0.15) is 0 Å². The van der Waals surface area contributed by atoms with Gasteiger partial charge in [0.1, 0.15) is 0 Å². The minimum Gasteiger partial charge on any atom is -0.346 e.